The molecular weight excluding hydrogens is 495 g/mol. The van der Waals surface area contributed by atoms with Gasteiger partial charge in [-0.1, -0.05) is 66.7 Å². The molecule has 0 amide bonds. The molecule has 3 aromatic carbocycles. The summed E-state index contributed by atoms with van der Waals surface area (Å²) in [6.07, 6.45) is 2.57. The number of carboxylic acids is 1. The maximum absolute atomic E-state index is 11.2. The smallest absolute Gasteiger partial charge is 0.335 e. The van der Waals surface area contributed by atoms with Crippen LogP contribution < -0.4 is 0 Å². The van der Waals surface area contributed by atoms with Gasteiger partial charge in [0.1, 0.15) is 0 Å². The minimum Gasteiger partial charge on any atom is -0.478 e. The highest BCUT2D eigenvalue weighted by atomic mass is 35.5. The Kier molecular flexibility index (Phi) is 9.44. The Morgan fingerprint density at radius 3 is 2.44 bits per heavy atom. The summed E-state index contributed by atoms with van der Waals surface area (Å²) in [5, 5.41) is 19.7. The summed E-state index contributed by atoms with van der Waals surface area (Å²) in [5.74, 6) is -0.485. The van der Waals surface area contributed by atoms with Gasteiger partial charge in [0.25, 0.3) is 0 Å². The maximum atomic E-state index is 11.2. The quantitative estimate of drug-likeness (QED) is 0.274. The molecule has 190 valence electrons. The maximum Gasteiger partial charge on any atom is 0.335 e. The highest BCUT2D eigenvalue weighted by molar-refractivity contribution is 6.30. The molecule has 0 spiro atoms. The number of hydrogen-bond acceptors (Lipinski definition) is 3. The third-order valence-electron chi connectivity index (χ3n) is 7.04. The number of halogens is 2. The second kappa shape index (κ2) is 12.7. The van der Waals surface area contributed by atoms with Crippen LogP contribution in [0.25, 0.3) is 0 Å². The minimum atomic E-state index is -0.945. The van der Waals surface area contributed by atoms with E-state index in [1.807, 2.05) is 48.5 Å². The fourth-order valence-electron chi connectivity index (χ4n) is 5.08. The molecule has 4 nitrogen and oxygen atoms in total. The van der Waals surface area contributed by atoms with Crippen molar-refractivity contribution in [3.8, 4) is 0 Å². The Labute approximate surface area is 222 Å². The molecule has 0 heterocycles. The lowest BCUT2D eigenvalue weighted by Gasteiger charge is -2.22. The van der Waals surface area contributed by atoms with Gasteiger partial charge >= 0.3 is 5.97 Å². The number of aliphatic hydroxyl groups excluding tert-OH is 1. The summed E-state index contributed by atoms with van der Waals surface area (Å²) in [4.78, 5) is 11.2. The van der Waals surface area contributed by atoms with Gasteiger partial charge in [0.15, 0.2) is 0 Å². The topological polar surface area (TPSA) is 66.8 Å². The first-order chi connectivity index (χ1) is 17.4. The highest BCUT2D eigenvalue weighted by Crippen LogP contribution is 2.42. The van der Waals surface area contributed by atoms with Gasteiger partial charge in [-0.15, -0.1) is 23.2 Å². The van der Waals surface area contributed by atoms with E-state index in [0.717, 1.165) is 36.0 Å². The second-order valence-corrected chi connectivity index (χ2v) is 10.7. The van der Waals surface area contributed by atoms with Crippen LogP contribution in [0.15, 0.2) is 78.9 Å². The number of aromatic carboxylic acids is 1. The van der Waals surface area contributed by atoms with Crippen molar-refractivity contribution < 1.29 is 19.7 Å². The molecule has 2 N–H and O–H groups in total. The fraction of sp³-hybridized carbons (Fsp3) is 0.367. The lowest BCUT2D eigenvalue weighted by molar-refractivity contribution is 0.0691. The highest BCUT2D eigenvalue weighted by Gasteiger charge is 2.41. The van der Waals surface area contributed by atoms with Crippen molar-refractivity contribution in [1.29, 1.82) is 0 Å². The second-order valence-electron chi connectivity index (χ2n) is 9.63. The number of hydrogen-bond donors (Lipinski definition) is 2. The first-order valence-corrected chi connectivity index (χ1v) is 13.3. The first-order valence-electron chi connectivity index (χ1n) is 12.4. The molecule has 0 aliphatic heterocycles. The predicted octanol–water partition coefficient (Wildman–Crippen LogP) is 6.66. The van der Waals surface area contributed by atoms with Crippen molar-refractivity contribution in [2.75, 3.05) is 6.61 Å². The van der Waals surface area contributed by atoms with E-state index in [1.54, 1.807) is 18.2 Å². The van der Waals surface area contributed by atoms with E-state index >= 15 is 0 Å². The molecule has 0 radical (unpaired) electrons. The molecule has 0 saturated heterocycles. The van der Waals surface area contributed by atoms with Crippen LogP contribution in [0.3, 0.4) is 0 Å². The van der Waals surface area contributed by atoms with Gasteiger partial charge in [-0.05, 0) is 65.5 Å². The molecule has 1 aliphatic rings. The van der Waals surface area contributed by atoms with Crippen molar-refractivity contribution >= 4 is 29.2 Å². The predicted molar refractivity (Wildman–Crippen MR) is 144 cm³/mol. The monoisotopic (exact) mass is 526 g/mol. The summed E-state index contributed by atoms with van der Waals surface area (Å²) in [6, 6.07) is 25.0. The Hall–Kier alpha value is -2.37. The van der Waals surface area contributed by atoms with Crippen molar-refractivity contribution in [1.82, 2.24) is 0 Å². The van der Waals surface area contributed by atoms with E-state index < -0.39 is 12.1 Å². The van der Waals surface area contributed by atoms with E-state index in [4.69, 9.17) is 27.9 Å². The van der Waals surface area contributed by atoms with Gasteiger partial charge in [-0.3, -0.25) is 0 Å². The summed E-state index contributed by atoms with van der Waals surface area (Å²) in [7, 11) is 0. The zero-order chi connectivity index (χ0) is 25.5. The van der Waals surface area contributed by atoms with Crippen LogP contribution >= 0.6 is 23.2 Å². The molecule has 0 bridgehead atoms. The number of carbonyl (C=O) groups is 1. The molecule has 1 aliphatic carbocycles. The van der Waals surface area contributed by atoms with Gasteiger partial charge in [-0.2, -0.15) is 0 Å². The van der Waals surface area contributed by atoms with Crippen LogP contribution in [-0.2, 0) is 24.2 Å². The fourth-order valence-corrected chi connectivity index (χ4v) is 5.93. The molecule has 0 aromatic heterocycles. The molecule has 3 aromatic rings. The molecule has 6 heteroatoms. The van der Waals surface area contributed by atoms with Crippen LogP contribution in [0.2, 0.25) is 0 Å². The number of ether oxygens (including phenoxy) is 1. The lowest BCUT2D eigenvalue weighted by Crippen LogP contribution is -2.22. The van der Waals surface area contributed by atoms with Crippen molar-refractivity contribution in [2.24, 2.45) is 11.8 Å². The minimum absolute atomic E-state index is 0.0976. The van der Waals surface area contributed by atoms with Gasteiger partial charge in [0.05, 0.1) is 35.6 Å². The van der Waals surface area contributed by atoms with Crippen molar-refractivity contribution in [2.45, 2.75) is 49.1 Å². The van der Waals surface area contributed by atoms with Gasteiger partial charge in [-0.25, -0.2) is 4.79 Å². The normalized spacial score (nSPS) is 22.4. The third kappa shape index (κ3) is 7.10. The van der Waals surface area contributed by atoms with E-state index in [0.29, 0.717) is 19.6 Å². The van der Waals surface area contributed by atoms with E-state index in [2.05, 4.69) is 12.1 Å². The Morgan fingerprint density at radius 1 is 0.944 bits per heavy atom. The Balaban J connectivity index is 1.33. The van der Waals surface area contributed by atoms with E-state index in [1.165, 1.54) is 5.56 Å². The number of alkyl halides is 2. The first kappa shape index (κ1) is 26.7. The average Bonchev–Trinajstić information content (AvgIpc) is 3.16. The van der Waals surface area contributed by atoms with Crippen molar-refractivity contribution in [3.63, 3.8) is 0 Å². The Morgan fingerprint density at radius 2 is 1.67 bits per heavy atom. The molecule has 4 unspecified atom stereocenters. The average molecular weight is 527 g/mol. The number of aryl methyl sites for hydroxylation is 1. The molecule has 36 heavy (non-hydrogen) atoms. The van der Waals surface area contributed by atoms with Crippen LogP contribution in [-0.4, -0.2) is 33.5 Å². The van der Waals surface area contributed by atoms with Crippen LogP contribution in [0.4, 0.5) is 0 Å². The van der Waals surface area contributed by atoms with Gasteiger partial charge in [0, 0.05) is 6.42 Å². The molecular formula is C30H32Cl2O4. The van der Waals surface area contributed by atoms with Gasteiger partial charge < -0.3 is 14.9 Å². The zero-order valence-corrected chi connectivity index (χ0v) is 21.6. The lowest BCUT2D eigenvalue weighted by atomic mass is 9.89. The molecule has 1 saturated carbocycles. The third-order valence-corrected chi connectivity index (χ3v) is 8.24. The number of carboxylic acid groups (broad SMARTS) is 1. The summed E-state index contributed by atoms with van der Waals surface area (Å²) >= 11 is 13.3. The summed E-state index contributed by atoms with van der Waals surface area (Å²) < 4.78 is 5.98. The van der Waals surface area contributed by atoms with Crippen molar-refractivity contribution in [3.05, 3.63) is 107 Å². The van der Waals surface area contributed by atoms with E-state index in [9.17, 15) is 15.0 Å². The number of benzene rings is 3. The summed E-state index contributed by atoms with van der Waals surface area (Å²) in [6.45, 7) is 0.885. The molecule has 5 atom stereocenters. The molecule has 4 rings (SSSR count). The van der Waals surface area contributed by atoms with Crippen LogP contribution in [0.5, 0.6) is 0 Å². The van der Waals surface area contributed by atoms with E-state index in [-0.39, 0.29) is 28.2 Å². The molecule has 1 fully saturated rings. The zero-order valence-electron chi connectivity index (χ0n) is 20.1. The standard InChI is InChI=1S/C30H32Cl2O4/c31-27-17-25(19-36-18-22-9-5-11-24(15-22)30(34)35)26(29(27)32)13-12-21-8-4-10-23(14-21)28(33)16-20-6-2-1-3-7-20/h1-11,14-15,25-29,33H,12-13,16-19H2,(H,34,35)/t25-,26?,27?,28?,29?/m1/s1. The largest absolute Gasteiger partial charge is 0.478 e. The van der Waals surface area contributed by atoms with Crippen LogP contribution in [0.1, 0.15) is 51.6 Å². The SMILES string of the molecule is O=C(O)c1cccc(COC[C@H]2CC(Cl)C(Cl)C2CCc2cccc(C(O)Cc3ccccc3)c2)c1. The summed E-state index contributed by atoms with van der Waals surface area (Å²) in [5.41, 5.74) is 4.29. The van der Waals surface area contributed by atoms with Gasteiger partial charge in [0.2, 0.25) is 0 Å². The Bertz CT molecular complexity index is 1140. The van der Waals surface area contributed by atoms with Crippen LogP contribution in [0, 0.1) is 11.8 Å². The number of aliphatic hydroxyl groups is 1. The number of rotatable bonds is 11.